The van der Waals surface area contributed by atoms with E-state index in [1.54, 1.807) is 104 Å². The Bertz CT molecular complexity index is 6120. The summed E-state index contributed by atoms with van der Waals surface area (Å²) in [5.41, 5.74) is -2.28. The Kier molecular flexibility index (Phi) is 26.9. The van der Waals surface area contributed by atoms with Crippen molar-refractivity contribution in [2.45, 2.75) is 162 Å². The monoisotopic (exact) mass is 1780 g/mol. The molecule has 9 N–H and O–H groups in total. The number of halogens is 3. The van der Waals surface area contributed by atoms with Crippen LogP contribution in [0.1, 0.15) is 120 Å². The molecule has 3 aliphatic rings. The molecule has 130 heavy (non-hydrogen) atoms. The minimum Gasteiger partial charge on any atom is -0.497 e. The maximum absolute atomic E-state index is 18.0. The number of aliphatic hydroxyl groups is 5. The van der Waals surface area contributed by atoms with Crippen LogP contribution in [0.3, 0.4) is 0 Å². The summed E-state index contributed by atoms with van der Waals surface area (Å²) in [7, 11) is 3.10. The van der Waals surface area contributed by atoms with Gasteiger partial charge >= 0.3 is 24.1 Å². The summed E-state index contributed by atoms with van der Waals surface area (Å²) in [6, 6.07) is 51.0. The number of carbonyl (C=O) groups is 4. The Morgan fingerprint density at radius 3 is 1.12 bits per heavy atom. The second-order valence-corrected chi connectivity index (χ2v) is 32.0. The number of alkyl halides is 3. The van der Waals surface area contributed by atoms with Crippen molar-refractivity contribution in [1.29, 1.82) is 0 Å². The Hall–Kier alpha value is -14.1. The van der Waals surface area contributed by atoms with Gasteiger partial charge in [-0.25, -0.2) is 67.6 Å². The lowest BCUT2D eigenvalue weighted by molar-refractivity contribution is -0.235. The van der Waals surface area contributed by atoms with E-state index in [-0.39, 0.29) is 63.8 Å². The van der Waals surface area contributed by atoms with Crippen molar-refractivity contribution in [3.63, 3.8) is 0 Å². The zero-order valence-electron chi connectivity index (χ0n) is 71.8. The van der Waals surface area contributed by atoms with Gasteiger partial charge in [-0.1, -0.05) is 177 Å². The lowest BCUT2D eigenvalue weighted by atomic mass is 9.80. The molecule has 15 rings (SSSR count). The van der Waals surface area contributed by atoms with Crippen LogP contribution in [0.5, 0.6) is 11.5 Å². The predicted octanol–water partition coefficient (Wildman–Crippen LogP) is 10.5. The number of terminal acetylenes is 3. The average Bonchev–Trinajstić information content (AvgIpc) is 1.55. The number of esters is 2. The molecule has 2 amide bonds. The van der Waals surface area contributed by atoms with Crippen molar-refractivity contribution in [3.8, 4) is 48.5 Å². The van der Waals surface area contributed by atoms with Gasteiger partial charge in [0.25, 0.3) is 17.6 Å². The van der Waals surface area contributed by atoms with Gasteiger partial charge in [0.05, 0.1) is 33.2 Å². The Morgan fingerprint density at radius 2 is 0.777 bits per heavy atom. The number of nitrogens with zero attached hydrogens (tertiary/aromatic N) is 12. The first kappa shape index (κ1) is 93.6. The zero-order valence-corrected chi connectivity index (χ0v) is 71.8. The van der Waals surface area contributed by atoms with Crippen LogP contribution in [-0.2, 0) is 63.4 Å². The molecular formula is C92H92F3N15O20. The minimum absolute atomic E-state index is 0.00150. The summed E-state index contributed by atoms with van der Waals surface area (Å²) < 4.78 is 116. The number of hydrogen-bond acceptors (Lipinski definition) is 30. The van der Waals surface area contributed by atoms with Crippen LogP contribution in [0, 0.1) is 37.0 Å². The van der Waals surface area contributed by atoms with Gasteiger partial charge in [0.2, 0.25) is 29.0 Å². The van der Waals surface area contributed by atoms with Crippen molar-refractivity contribution < 1.29 is 110 Å². The molecule has 0 unspecified atom stereocenters. The first-order chi connectivity index (χ1) is 61.9. The molecule has 12 atom stereocenters. The summed E-state index contributed by atoms with van der Waals surface area (Å²) in [5.74, 6) is -3.22. The molecule has 6 aromatic heterocycles. The molecule has 676 valence electrons. The van der Waals surface area contributed by atoms with Crippen molar-refractivity contribution in [2.75, 3.05) is 50.4 Å². The summed E-state index contributed by atoms with van der Waals surface area (Å²) in [6.07, 6.45) is 10.7. The fraction of sp³-hybridized carbons (Fsp3) is 0.337. The van der Waals surface area contributed by atoms with Crippen LogP contribution >= 0.6 is 0 Å². The molecule has 35 nitrogen and oxygen atoms in total. The number of fused-ring (bicyclic) bond motifs is 3. The van der Waals surface area contributed by atoms with E-state index >= 15 is 13.2 Å². The van der Waals surface area contributed by atoms with Gasteiger partial charge in [0.15, 0.2) is 70.2 Å². The van der Waals surface area contributed by atoms with E-state index in [2.05, 4.69) is 67.3 Å². The Morgan fingerprint density at radius 1 is 0.462 bits per heavy atom. The maximum Gasteiger partial charge on any atom is 0.413 e. The third kappa shape index (κ3) is 18.0. The smallest absolute Gasteiger partial charge is 0.413 e. The molecular weight excluding hydrogens is 1690 g/mol. The quantitative estimate of drug-likeness (QED) is 0.0121. The Labute approximate surface area is 742 Å². The number of nitrogen functional groups attached to an aromatic ring is 1. The van der Waals surface area contributed by atoms with E-state index in [9.17, 15) is 44.7 Å². The van der Waals surface area contributed by atoms with Gasteiger partial charge in [-0.05, 0) is 99.2 Å². The molecule has 0 aliphatic carbocycles. The number of hydrogen-bond donors (Lipinski definition) is 8. The summed E-state index contributed by atoms with van der Waals surface area (Å²) in [4.78, 5) is 86.6. The normalized spacial score (nSPS) is 23.6. The highest BCUT2D eigenvalue weighted by Crippen LogP contribution is 2.54. The second-order valence-electron chi connectivity index (χ2n) is 32.0. The predicted molar refractivity (Wildman–Crippen MR) is 460 cm³/mol. The standard InChI is InChI=1S/C40H40FN5O8.C37H36FN5O7.C15H16FN5O5/c1-7-30(47)52-34-38(49,8-2)35(46-25-44-31-32(42-24-43-33(31)46)45-36(48)54-37(3,4)5)53-39(34,41)23-51-40(26-15-11-9-12-16-26,27-17-13-10-14-18-27)28-19-21-29(50-6)22-20-28;1-6-35(46)31(44)36(38,49-32(35)43-23-41-28-29(39-22-40-30(28)43)42-33(45)50-34(2,3)4)21-48-37(24-13-9-7-10-14-24,25-15-11-8-12-16-25)26-17-19-27(47-5)20-18-26;1-3-8(23)25-12-14(24,4-2)13(26-15(12,16)5-22)21-7-20-9-10(17)18-6-19-11(9)21/h2,9-22,24-25,34-35,49H,7,23H2,1,3-6H3,(H,42,43,45,48);1,7-20,22-23,31-32,44,46H,21H2,2-5H3,(H,39,40,42,45);2,6-7,12-13,22,24H,3,5H2,1H3,(H2,17,18,19)/t34-,35+,38+,39+;31-,32+,35+,36+;12-,13+,14+,15+/m000/s1. The summed E-state index contributed by atoms with van der Waals surface area (Å²) >= 11 is 0. The highest BCUT2D eigenvalue weighted by atomic mass is 19.2. The van der Waals surface area contributed by atoms with Gasteiger partial charge in [-0.15, -0.1) is 19.3 Å². The van der Waals surface area contributed by atoms with E-state index in [0.29, 0.717) is 44.9 Å². The number of aliphatic hydroxyl groups excluding tert-OH is 2. The molecule has 0 saturated carbocycles. The number of aromatic nitrogens is 12. The van der Waals surface area contributed by atoms with Crippen molar-refractivity contribution in [2.24, 2.45) is 0 Å². The number of nitrogens with one attached hydrogen (secondary N) is 2. The van der Waals surface area contributed by atoms with Crippen molar-refractivity contribution in [3.05, 3.63) is 241 Å². The number of ether oxygens (including phenoxy) is 11. The van der Waals surface area contributed by atoms with Crippen LogP contribution in [0.2, 0.25) is 0 Å². The summed E-state index contributed by atoms with van der Waals surface area (Å²) in [6.45, 7) is 10.2. The number of anilines is 3. The number of imidazole rings is 3. The van der Waals surface area contributed by atoms with Gasteiger partial charge in [0, 0.05) is 12.8 Å². The third-order valence-electron chi connectivity index (χ3n) is 21.2. The highest BCUT2D eigenvalue weighted by Gasteiger charge is 2.70. The molecule has 0 radical (unpaired) electrons. The van der Waals surface area contributed by atoms with E-state index in [1.165, 1.54) is 37.4 Å². The summed E-state index contributed by atoms with van der Waals surface area (Å²) in [5, 5.41) is 60.7. The fourth-order valence-corrected chi connectivity index (χ4v) is 15.1. The van der Waals surface area contributed by atoms with Gasteiger partial charge in [-0.3, -0.25) is 33.9 Å². The molecule has 38 heteroatoms. The fourth-order valence-electron chi connectivity index (χ4n) is 15.1. The highest BCUT2D eigenvalue weighted by molar-refractivity contribution is 5.94. The van der Waals surface area contributed by atoms with E-state index in [4.69, 9.17) is 77.1 Å². The van der Waals surface area contributed by atoms with Crippen LogP contribution in [0.25, 0.3) is 33.5 Å². The molecule has 3 aliphatic heterocycles. The number of rotatable bonds is 24. The maximum atomic E-state index is 18.0. The van der Waals surface area contributed by atoms with Gasteiger partial charge < -0.3 is 83.4 Å². The largest absolute Gasteiger partial charge is 0.497 e. The number of carbonyl (C=O) groups excluding carboxylic acids is 4. The molecule has 9 heterocycles. The Balaban J connectivity index is 0.000000176. The second kappa shape index (κ2) is 37.3. The molecule has 6 aromatic carbocycles. The molecule has 12 aromatic rings. The topological polar surface area (TPSA) is 452 Å². The van der Waals surface area contributed by atoms with Crippen LogP contribution < -0.4 is 25.8 Å². The van der Waals surface area contributed by atoms with E-state index < -0.39 is 138 Å². The lowest BCUT2D eigenvalue weighted by Crippen LogP contribution is -2.53. The van der Waals surface area contributed by atoms with Crippen molar-refractivity contribution >= 4 is 75.1 Å². The number of benzene rings is 6. The molecule has 3 saturated heterocycles. The average molecular weight is 1780 g/mol. The number of methoxy groups -OCH3 is 2. The first-order valence-electron chi connectivity index (χ1n) is 40.4. The van der Waals surface area contributed by atoms with E-state index in [0.717, 1.165) is 28.1 Å². The first-order valence-corrected chi connectivity index (χ1v) is 40.4. The third-order valence-corrected chi connectivity index (χ3v) is 21.2. The minimum atomic E-state index is -3.07. The van der Waals surface area contributed by atoms with Crippen LogP contribution in [-0.4, -0.2) is 206 Å². The number of amides is 2. The molecule has 3 fully saturated rings. The van der Waals surface area contributed by atoms with Crippen LogP contribution in [0.4, 0.5) is 40.2 Å². The van der Waals surface area contributed by atoms with Crippen LogP contribution in [0.15, 0.2) is 208 Å². The zero-order chi connectivity index (χ0) is 93.6. The van der Waals surface area contributed by atoms with Crippen molar-refractivity contribution in [1.82, 2.24) is 58.6 Å². The van der Waals surface area contributed by atoms with Gasteiger partial charge in [-0.2, -0.15) is 0 Å². The molecule has 0 bridgehead atoms. The number of nitrogens with two attached hydrogens (primary N) is 1. The molecule has 0 spiro atoms. The van der Waals surface area contributed by atoms with Gasteiger partial charge in [0.1, 0.15) is 78.2 Å². The lowest BCUT2D eigenvalue weighted by Gasteiger charge is -2.38. The SMILES string of the molecule is C#C[C@]1(O)[C@H](n2cnc3c(N)ncnc32)O[C@](F)(CO)[C@H]1OC(=O)CC.C#C[C@]1(O)[C@H](n2cnc3c(NC(=O)OC(C)(C)C)ncnc32)O[C@](F)(COC(c2ccccc2)(c2ccccc2)c2ccc(OC)cc2)[C@H]1O.C#C[C@]1(O)[C@H](n2cnc3c(NC(=O)OC(C)(C)C)ncnc32)O[C@](F)(COC(c2ccccc2)(c2ccccc2)c2ccc(OC)cc2)[C@H]1OC(=O)CC. The van der Waals surface area contributed by atoms with E-state index in [1.807, 2.05) is 127 Å².